The summed E-state index contributed by atoms with van der Waals surface area (Å²) in [5.74, 6) is 2.26. The average Bonchev–Trinajstić information content (AvgIpc) is 2.61. The molecular formula is C17H33ClN2O. The first-order valence-corrected chi connectivity index (χ1v) is 8.58. The molecular weight excluding hydrogens is 284 g/mol. The van der Waals surface area contributed by atoms with Crippen molar-refractivity contribution in [2.45, 2.75) is 65.3 Å². The number of hydrogen-bond donors (Lipinski definition) is 1. The van der Waals surface area contributed by atoms with Crippen molar-refractivity contribution in [1.82, 2.24) is 10.2 Å². The van der Waals surface area contributed by atoms with Crippen molar-refractivity contribution in [1.29, 1.82) is 0 Å². The summed E-state index contributed by atoms with van der Waals surface area (Å²) in [5, 5.41) is 3.47. The van der Waals surface area contributed by atoms with Gasteiger partial charge in [0.1, 0.15) is 0 Å². The minimum absolute atomic E-state index is 0. The largest absolute Gasteiger partial charge is 0.340 e. The fraction of sp³-hybridized carbons (Fsp3) is 0.941. The Balaban J connectivity index is 0.00000220. The van der Waals surface area contributed by atoms with Gasteiger partial charge in [-0.2, -0.15) is 0 Å². The van der Waals surface area contributed by atoms with Crippen LogP contribution in [0.25, 0.3) is 0 Å². The van der Waals surface area contributed by atoms with Gasteiger partial charge in [-0.3, -0.25) is 4.79 Å². The van der Waals surface area contributed by atoms with E-state index in [9.17, 15) is 4.79 Å². The molecule has 1 N–H and O–H groups in total. The molecule has 2 heterocycles. The number of amides is 1. The van der Waals surface area contributed by atoms with Crippen LogP contribution in [0.5, 0.6) is 0 Å². The van der Waals surface area contributed by atoms with Crippen LogP contribution in [0.2, 0.25) is 0 Å². The number of piperidine rings is 1. The zero-order chi connectivity index (χ0) is 14.5. The molecule has 0 aromatic carbocycles. The van der Waals surface area contributed by atoms with Gasteiger partial charge in [0, 0.05) is 19.0 Å². The SMILES string of the molecule is CC1CCCC(C)N(C(=O)CC(C)C2CCCNC2)C1.Cl. The van der Waals surface area contributed by atoms with E-state index in [0.29, 0.717) is 29.7 Å². The molecule has 0 spiro atoms. The van der Waals surface area contributed by atoms with E-state index >= 15 is 0 Å². The minimum Gasteiger partial charge on any atom is -0.340 e. The molecule has 2 aliphatic rings. The highest BCUT2D eigenvalue weighted by atomic mass is 35.5. The standard InChI is InChI=1S/C17H32N2O.ClH/c1-13-6-4-7-15(3)19(12-13)17(20)10-14(2)16-8-5-9-18-11-16;/h13-16,18H,4-12H2,1-3H3;1H. The highest BCUT2D eigenvalue weighted by molar-refractivity contribution is 5.85. The second kappa shape index (κ2) is 8.99. The van der Waals surface area contributed by atoms with Crippen LogP contribution in [-0.2, 0) is 4.79 Å². The third-order valence-electron chi connectivity index (χ3n) is 5.32. The van der Waals surface area contributed by atoms with Gasteiger partial charge in [-0.05, 0) is 63.5 Å². The molecule has 2 aliphatic heterocycles. The predicted octanol–water partition coefficient (Wildman–Crippen LogP) is 3.47. The Morgan fingerprint density at radius 3 is 2.67 bits per heavy atom. The molecule has 0 radical (unpaired) electrons. The Morgan fingerprint density at radius 1 is 1.24 bits per heavy atom. The second-order valence-corrected chi connectivity index (χ2v) is 7.22. The van der Waals surface area contributed by atoms with Crippen LogP contribution in [0.15, 0.2) is 0 Å². The molecule has 4 atom stereocenters. The maximum Gasteiger partial charge on any atom is 0.223 e. The number of rotatable bonds is 3. The molecule has 0 saturated carbocycles. The van der Waals surface area contributed by atoms with Crippen LogP contribution in [-0.4, -0.2) is 36.5 Å². The van der Waals surface area contributed by atoms with E-state index in [1.807, 2.05) is 0 Å². The first kappa shape index (κ1) is 18.8. The third kappa shape index (κ3) is 5.45. The number of likely N-dealkylation sites (tertiary alicyclic amines) is 1. The Hall–Kier alpha value is -0.280. The fourth-order valence-electron chi connectivity index (χ4n) is 3.80. The van der Waals surface area contributed by atoms with Crippen molar-refractivity contribution in [2.24, 2.45) is 17.8 Å². The molecule has 0 aromatic rings. The van der Waals surface area contributed by atoms with E-state index in [0.717, 1.165) is 26.1 Å². The molecule has 0 aromatic heterocycles. The van der Waals surface area contributed by atoms with Gasteiger partial charge in [0.25, 0.3) is 0 Å². The molecule has 3 nitrogen and oxygen atoms in total. The summed E-state index contributed by atoms with van der Waals surface area (Å²) in [6.45, 7) is 9.99. The van der Waals surface area contributed by atoms with Crippen LogP contribution in [0.1, 0.15) is 59.3 Å². The van der Waals surface area contributed by atoms with Gasteiger partial charge in [-0.1, -0.05) is 20.3 Å². The van der Waals surface area contributed by atoms with Crippen LogP contribution >= 0.6 is 12.4 Å². The highest BCUT2D eigenvalue weighted by Crippen LogP contribution is 2.26. The van der Waals surface area contributed by atoms with Crippen molar-refractivity contribution >= 4 is 18.3 Å². The van der Waals surface area contributed by atoms with E-state index in [4.69, 9.17) is 0 Å². The maximum absolute atomic E-state index is 12.7. The molecule has 0 aliphatic carbocycles. The lowest BCUT2D eigenvalue weighted by Gasteiger charge is -2.33. The summed E-state index contributed by atoms with van der Waals surface area (Å²) >= 11 is 0. The van der Waals surface area contributed by atoms with Crippen LogP contribution in [0.4, 0.5) is 0 Å². The number of carbonyl (C=O) groups is 1. The van der Waals surface area contributed by atoms with E-state index in [1.165, 1.54) is 32.1 Å². The summed E-state index contributed by atoms with van der Waals surface area (Å²) in [6, 6.07) is 0.434. The Bertz CT molecular complexity index is 318. The normalized spacial score (nSPS) is 32.0. The molecule has 1 amide bonds. The fourth-order valence-corrected chi connectivity index (χ4v) is 3.80. The summed E-state index contributed by atoms with van der Waals surface area (Å²) < 4.78 is 0. The monoisotopic (exact) mass is 316 g/mol. The number of halogens is 1. The molecule has 0 bridgehead atoms. The predicted molar refractivity (Wildman–Crippen MR) is 90.8 cm³/mol. The first-order valence-electron chi connectivity index (χ1n) is 8.58. The van der Waals surface area contributed by atoms with Crippen LogP contribution in [0.3, 0.4) is 0 Å². The van der Waals surface area contributed by atoms with E-state index < -0.39 is 0 Å². The molecule has 2 rings (SSSR count). The lowest BCUT2D eigenvalue weighted by molar-refractivity contribution is -0.135. The van der Waals surface area contributed by atoms with E-state index in [1.54, 1.807) is 0 Å². The number of nitrogens with zero attached hydrogens (tertiary/aromatic N) is 1. The van der Waals surface area contributed by atoms with Gasteiger partial charge < -0.3 is 10.2 Å². The number of hydrogen-bond acceptors (Lipinski definition) is 2. The van der Waals surface area contributed by atoms with Crippen molar-refractivity contribution < 1.29 is 4.79 Å². The van der Waals surface area contributed by atoms with Crippen molar-refractivity contribution in [3.05, 3.63) is 0 Å². The highest BCUT2D eigenvalue weighted by Gasteiger charge is 2.28. The molecule has 4 heteroatoms. The first-order chi connectivity index (χ1) is 9.58. The molecule has 124 valence electrons. The summed E-state index contributed by atoms with van der Waals surface area (Å²) in [5.41, 5.74) is 0. The Labute approximate surface area is 136 Å². The summed E-state index contributed by atoms with van der Waals surface area (Å²) in [7, 11) is 0. The van der Waals surface area contributed by atoms with Crippen LogP contribution < -0.4 is 5.32 Å². The molecule has 2 saturated heterocycles. The minimum atomic E-state index is 0. The van der Waals surface area contributed by atoms with E-state index in [2.05, 4.69) is 31.0 Å². The second-order valence-electron chi connectivity index (χ2n) is 7.22. The summed E-state index contributed by atoms with van der Waals surface area (Å²) in [6.07, 6.45) is 7.01. The molecule has 2 fully saturated rings. The van der Waals surface area contributed by atoms with E-state index in [-0.39, 0.29) is 12.4 Å². The third-order valence-corrected chi connectivity index (χ3v) is 5.32. The molecule has 21 heavy (non-hydrogen) atoms. The Kier molecular flexibility index (Phi) is 8.04. The lowest BCUT2D eigenvalue weighted by Crippen LogP contribution is -2.42. The average molecular weight is 317 g/mol. The quantitative estimate of drug-likeness (QED) is 0.864. The Morgan fingerprint density at radius 2 is 2.00 bits per heavy atom. The zero-order valence-corrected chi connectivity index (χ0v) is 14.8. The molecule has 4 unspecified atom stereocenters. The van der Waals surface area contributed by atoms with Gasteiger partial charge in [0.15, 0.2) is 0 Å². The van der Waals surface area contributed by atoms with Gasteiger partial charge in [0.2, 0.25) is 5.91 Å². The van der Waals surface area contributed by atoms with Gasteiger partial charge in [-0.25, -0.2) is 0 Å². The van der Waals surface area contributed by atoms with Crippen molar-refractivity contribution in [3.8, 4) is 0 Å². The smallest absolute Gasteiger partial charge is 0.223 e. The topological polar surface area (TPSA) is 32.3 Å². The maximum atomic E-state index is 12.7. The summed E-state index contributed by atoms with van der Waals surface area (Å²) in [4.78, 5) is 14.8. The number of carbonyl (C=O) groups excluding carboxylic acids is 1. The lowest BCUT2D eigenvalue weighted by atomic mass is 9.85. The van der Waals surface area contributed by atoms with Crippen molar-refractivity contribution in [2.75, 3.05) is 19.6 Å². The van der Waals surface area contributed by atoms with Gasteiger partial charge in [0.05, 0.1) is 0 Å². The van der Waals surface area contributed by atoms with Crippen molar-refractivity contribution in [3.63, 3.8) is 0 Å². The zero-order valence-electron chi connectivity index (χ0n) is 13.9. The number of nitrogens with one attached hydrogen (secondary N) is 1. The van der Waals surface area contributed by atoms with Gasteiger partial charge in [-0.15, -0.1) is 12.4 Å². The van der Waals surface area contributed by atoms with Gasteiger partial charge >= 0.3 is 0 Å². The van der Waals surface area contributed by atoms with Crippen LogP contribution in [0, 0.1) is 17.8 Å².